The van der Waals surface area contributed by atoms with Crippen LogP contribution in [0.2, 0.25) is 0 Å². The summed E-state index contributed by atoms with van der Waals surface area (Å²) in [4.78, 5) is 8.70. The van der Waals surface area contributed by atoms with Crippen molar-refractivity contribution >= 4 is 0 Å². The van der Waals surface area contributed by atoms with Gasteiger partial charge in [-0.3, -0.25) is 0 Å². The quantitative estimate of drug-likeness (QED) is 0.857. The molecular weight excluding hydrogens is 238 g/mol. The summed E-state index contributed by atoms with van der Waals surface area (Å²) in [6, 6.07) is 1.21. The minimum absolute atomic E-state index is 0.281. The summed E-state index contributed by atoms with van der Waals surface area (Å²) in [5.74, 6) is 0. The topological polar surface area (TPSA) is 47.0 Å². The van der Waals surface area contributed by atoms with E-state index in [-0.39, 0.29) is 5.41 Å². The highest BCUT2D eigenvalue weighted by Gasteiger charge is 2.20. The molecule has 0 saturated heterocycles. The van der Waals surface area contributed by atoms with Crippen molar-refractivity contribution in [1.82, 2.24) is 15.3 Å². The van der Waals surface area contributed by atoms with Gasteiger partial charge >= 0.3 is 6.01 Å². The third kappa shape index (κ3) is 5.15. The van der Waals surface area contributed by atoms with Gasteiger partial charge in [0.2, 0.25) is 0 Å². The fourth-order valence-electron chi connectivity index (χ4n) is 1.70. The average molecular weight is 263 g/mol. The first kappa shape index (κ1) is 14.3. The molecule has 4 nitrogen and oxygen atoms in total. The molecule has 4 heteroatoms. The lowest BCUT2D eigenvalue weighted by atomic mass is 9.93. The molecule has 0 amide bonds. The minimum atomic E-state index is 0.281. The molecule has 0 spiro atoms. The Bertz CT molecular complexity index is 422. The number of ether oxygens (including phenoxy) is 1. The van der Waals surface area contributed by atoms with E-state index in [1.807, 2.05) is 13.1 Å². The van der Waals surface area contributed by atoms with Crippen LogP contribution in [-0.4, -0.2) is 22.6 Å². The number of hydrogen-bond acceptors (Lipinski definition) is 4. The zero-order chi connectivity index (χ0) is 13.9. The van der Waals surface area contributed by atoms with E-state index in [0.29, 0.717) is 18.7 Å². The van der Waals surface area contributed by atoms with Gasteiger partial charge in [0.25, 0.3) is 0 Å². The van der Waals surface area contributed by atoms with Crippen LogP contribution in [0.25, 0.3) is 0 Å². The first-order valence-corrected chi connectivity index (χ1v) is 7.13. The molecule has 1 N–H and O–H groups in total. The van der Waals surface area contributed by atoms with E-state index < -0.39 is 0 Å². The Labute approximate surface area is 116 Å². The molecule has 1 aliphatic carbocycles. The molecule has 0 atom stereocenters. The lowest BCUT2D eigenvalue weighted by Crippen LogP contribution is -2.17. The molecule has 0 bridgehead atoms. The Balaban J connectivity index is 1.83. The average Bonchev–Trinajstić information content (AvgIpc) is 3.10. The monoisotopic (exact) mass is 263 g/mol. The molecule has 1 saturated carbocycles. The van der Waals surface area contributed by atoms with Gasteiger partial charge in [-0.25, -0.2) is 9.97 Å². The van der Waals surface area contributed by atoms with E-state index in [0.717, 1.165) is 24.2 Å². The van der Waals surface area contributed by atoms with Crippen LogP contribution in [0.1, 0.15) is 51.3 Å². The SMILES string of the molecule is Cc1nc(OCCC(C)(C)C)ncc1CNC1CC1. The molecule has 1 aromatic rings. The molecule has 0 unspecified atom stereocenters. The van der Waals surface area contributed by atoms with Crippen LogP contribution >= 0.6 is 0 Å². The Morgan fingerprint density at radius 3 is 2.68 bits per heavy atom. The summed E-state index contributed by atoms with van der Waals surface area (Å²) in [6.45, 7) is 10.2. The van der Waals surface area contributed by atoms with Gasteiger partial charge in [0, 0.05) is 30.0 Å². The largest absolute Gasteiger partial charge is 0.463 e. The standard InChI is InChI=1S/C15H25N3O/c1-11-12(9-16-13-5-6-13)10-17-14(18-11)19-8-7-15(2,3)4/h10,13,16H,5-9H2,1-4H3. The van der Waals surface area contributed by atoms with E-state index in [1.54, 1.807) is 0 Å². The molecule has 0 aliphatic heterocycles. The second kappa shape index (κ2) is 5.87. The van der Waals surface area contributed by atoms with E-state index >= 15 is 0 Å². The first-order chi connectivity index (χ1) is 8.94. The number of aromatic nitrogens is 2. The Morgan fingerprint density at radius 2 is 2.11 bits per heavy atom. The molecule has 2 rings (SSSR count). The fraction of sp³-hybridized carbons (Fsp3) is 0.733. The van der Waals surface area contributed by atoms with Gasteiger partial charge in [0.05, 0.1) is 6.61 Å². The predicted octanol–water partition coefficient (Wildman–Crippen LogP) is 2.85. The second-order valence-electron chi connectivity index (χ2n) is 6.58. The summed E-state index contributed by atoms with van der Waals surface area (Å²) in [5.41, 5.74) is 2.45. The first-order valence-electron chi connectivity index (χ1n) is 7.13. The molecule has 19 heavy (non-hydrogen) atoms. The van der Waals surface area contributed by atoms with Crippen molar-refractivity contribution in [3.8, 4) is 6.01 Å². The van der Waals surface area contributed by atoms with Crippen molar-refractivity contribution in [1.29, 1.82) is 0 Å². The van der Waals surface area contributed by atoms with Gasteiger partial charge in [-0.15, -0.1) is 0 Å². The zero-order valence-corrected chi connectivity index (χ0v) is 12.5. The number of aryl methyl sites for hydroxylation is 1. The summed E-state index contributed by atoms with van der Waals surface area (Å²) in [7, 11) is 0. The highest BCUT2D eigenvalue weighted by molar-refractivity contribution is 5.18. The number of nitrogens with zero attached hydrogens (tertiary/aromatic N) is 2. The summed E-state index contributed by atoms with van der Waals surface area (Å²) < 4.78 is 5.61. The maximum absolute atomic E-state index is 5.61. The molecular formula is C15H25N3O. The maximum atomic E-state index is 5.61. The number of rotatable bonds is 6. The zero-order valence-electron chi connectivity index (χ0n) is 12.5. The lowest BCUT2D eigenvalue weighted by molar-refractivity contribution is 0.228. The number of nitrogens with one attached hydrogen (secondary N) is 1. The predicted molar refractivity (Wildman–Crippen MR) is 76.2 cm³/mol. The van der Waals surface area contributed by atoms with Crippen LogP contribution < -0.4 is 10.1 Å². The van der Waals surface area contributed by atoms with Crippen LogP contribution in [0, 0.1) is 12.3 Å². The van der Waals surface area contributed by atoms with Crippen molar-refractivity contribution < 1.29 is 4.74 Å². The molecule has 1 aromatic heterocycles. The lowest BCUT2D eigenvalue weighted by Gasteiger charge is -2.17. The fourth-order valence-corrected chi connectivity index (χ4v) is 1.70. The van der Waals surface area contributed by atoms with Crippen LogP contribution in [0.3, 0.4) is 0 Å². The Morgan fingerprint density at radius 1 is 1.37 bits per heavy atom. The molecule has 1 fully saturated rings. The van der Waals surface area contributed by atoms with Crippen molar-refractivity contribution in [2.75, 3.05) is 6.61 Å². The third-order valence-electron chi connectivity index (χ3n) is 3.30. The van der Waals surface area contributed by atoms with E-state index in [2.05, 4.69) is 36.1 Å². The van der Waals surface area contributed by atoms with Gasteiger partial charge in [0.1, 0.15) is 0 Å². The smallest absolute Gasteiger partial charge is 0.316 e. The van der Waals surface area contributed by atoms with Crippen molar-refractivity contribution in [3.05, 3.63) is 17.5 Å². The summed E-state index contributed by atoms with van der Waals surface area (Å²) in [6.07, 6.45) is 5.48. The van der Waals surface area contributed by atoms with Gasteiger partial charge in [-0.05, 0) is 31.6 Å². The highest BCUT2D eigenvalue weighted by atomic mass is 16.5. The van der Waals surface area contributed by atoms with Crippen LogP contribution in [0.15, 0.2) is 6.20 Å². The summed E-state index contributed by atoms with van der Waals surface area (Å²) >= 11 is 0. The molecule has 106 valence electrons. The van der Waals surface area contributed by atoms with Crippen molar-refractivity contribution in [2.45, 2.75) is 59.5 Å². The van der Waals surface area contributed by atoms with Crippen LogP contribution in [0.5, 0.6) is 6.01 Å². The van der Waals surface area contributed by atoms with Crippen molar-refractivity contribution in [2.24, 2.45) is 5.41 Å². The van der Waals surface area contributed by atoms with Crippen LogP contribution in [-0.2, 0) is 6.54 Å². The van der Waals surface area contributed by atoms with Gasteiger partial charge in [-0.1, -0.05) is 20.8 Å². The van der Waals surface area contributed by atoms with Gasteiger partial charge in [0.15, 0.2) is 0 Å². The Kier molecular flexibility index (Phi) is 4.40. The molecule has 1 heterocycles. The van der Waals surface area contributed by atoms with E-state index in [4.69, 9.17) is 4.74 Å². The van der Waals surface area contributed by atoms with E-state index in [9.17, 15) is 0 Å². The molecule has 0 radical (unpaired) electrons. The highest BCUT2D eigenvalue weighted by Crippen LogP contribution is 2.20. The van der Waals surface area contributed by atoms with Gasteiger partial charge < -0.3 is 10.1 Å². The normalized spacial score (nSPS) is 15.6. The maximum Gasteiger partial charge on any atom is 0.316 e. The minimum Gasteiger partial charge on any atom is -0.463 e. The number of hydrogen-bond donors (Lipinski definition) is 1. The second-order valence-corrected chi connectivity index (χ2v) is 6.58. The van der Waals surface area contributed by atoms with Crippen molar-refractivity contribution in [3.63, 3.8) is 0 Å². The van der Waals surface area contributed by atoms with Crippen LogP contribution in [0.4, 0.5) is 0 Å². The third-order valence-corrected chi connectivity index (χ3v) is 3.30. The van der Waals surface area contributed by atoms with Gasteiger partial charge in [-0.2, -0.15) is 0 Å². The van der Waals surface area contributed by atoms with E-state index in [1.165, 1.54) is 12.8 Å². The Hall–Kier alpha value is -1.16. The summed E-state index contributed by atoms with van der Waals surface area (Å²) in [5, 5.41) is 3.48. The molecule has 1 aliphatic rings. The molecule has 0 aromatic carbocycles.